The van der Waals surface area contributed by atoms with Gasteiger partial charge in [0.15, 0.2) is 11.5 Å². The number of methoxy groups -OCH3 is 1. The first-order valence-electron chi connectivity index (χ1n) is 11.0. The molecule has 8 nitrogen and oxygen atoms in total. The van der Waals surface area contributed by atoms with E-state index >= 15 is 0 Å². The fraction of sp³-hybridized carbons (Fsp3) is 0.231. The van der Waals surface area contributed by atoms with E-state index in [-0.39, 0.29) is 0 Å². The molecule has 0 saturated heterocycles. The molecule has 2 aromatic carbocycles. The minimum absolute atomic E-state index is 0.511. The van der Waals surface area contributed by atoms with Gasteiger partial charge < -0.3 is 15.6 Å². The van der Waals surface area contributed by atoms with E-state index < -0.39 is 11.5 Å². The summed E-state index contributed by atoms with van der Waals surface area (Å²) in [7, 11) is 1.68. The normalized spacial score (nSPS) is 18.7. The van der Waals surface area contributed by atoms with Gasteiger partial charge in [-0.2, -0.15) is 0 Å². The smallest absolute Gasteiger partial charge is 0.300 e. The number of aliphatic imine (C=N–C) groups is 2. The van der Waals surface area contributed by atoms with Crippen LogP contribution in [0.25, 0.3) is 11.1 Å². The Bertz CT molecular complexity index is 1240. The van der Waals surface area contributed by atoms with Gasteiger partial charge >= 0.3 is 0 Å². The molecule has 0 radical (unpaired) electrons. The van der Waals surface area contributed by atoms with Crippen LogP contribution in [0, 0.1) is 0 Å². The lowest BCUT2D eigenvalue weighted by Gasteiger charge is -2.33. The predicted octanol–water partition coefficient (Wildman–Crippen LogP) is 3.52. The summed E-state index contributed by atoms with van der Waals surface area (Å²) in [6, 6.07) is 20.5. The number of hydrogen-bond acceptors (Lipinski definition) is 7. The number of nitrogens with zero attached hydrogens (tertiary/aromatic N) is 4. The molecule has 0 amide bonds. The largest absolute Gasteiger partial charge is 0.497 e. The van der Waals surface area contributed by atoms with Gasteiger partial charge in [-0.1, -0.05) is 30.3 Å². The fourth-order valence-electron chi connectivity index (χ4n) is 4.29. The Morgan fingerprint density at radius 1 is 1.06 bits per heavy atom. The molecule has 1 unspecified atom stereocenters. The molecule has 8 heteroatoms. The highest BCUT2D eigenvalue weighted by molar-refractivity contribution is 6.12. The third-order valence-corrected chi connectivity index (χ3v) is 5.72. The number of aliphatic carboxylic acids is 1. The third-order valence-electron chi connectivity index (χ3n) is 5.72. The number of benzene rings is 2. The van der Waals surface area contributed by atoms with Crippen molar-refractivity contribution >= 4 is 17.8 Å². The number of pyridine rings is 1. The fourth-order valence-corrected chi connectivity index (χ4v) is 4.29. The monoisotopic (exact) mass is 457 g/mol. The third kappa shape index (κ3) is 4.34. The van der Waals surface area contributed by atoms with Crippen molar-refractivity contribution in [2.45, 2.75) is 18.9 Å². The van der Waals surface area contributed by atoms with E-state index in [9.17, 15) is 0 Å². The first-order chi connectivity index (χ1) is 16.5. The Labute approximate surface area is 198 Å². The average molecular weight is 458 g/mol. The second kappa shape index (κ2) is 9.74. The molecule has 0 spiro atoms. The molecule has 3 aromatic rings. The van der Waals surface area contributed by atoms with Gasteiger partial charge in [-0.05, 0) is 59.0 Å². The van der Waals surface area contributed by atoms with Gasteiger partial charge in [0.1, 0.15) is 11.6 Å². The van der Waals surface area contributed by atoms with Gasteiger partial charge in [0.25, 0.3) is 5.97 Å². The standard InChI is InChI=1S/C24H23N5O.C2H4O2/c1-30-21-8-3-6-18(16-21)17-5-2-7-20(15-17)24(19-9-12-26-13-10-19)22-27-11-4-14-29(22)23(25)28-24;1-2(3)4/h2-3,5-10,12-13,15-16H,4,11,14H2,1H3,(H2,25,28);1H3,(H,3,4). The molecule has 174 valence electrons. The lowest BCUT2D eigenvalue weighted by Crippen LogP contribution is -2.46. The second-order valence-corrected chi connectivity index (χ2v) is 7.96. The van der Waals surface area contributed by atoms with E-state index in [4.69, 9.17) is 30.4 Å². The first-order valence-corrected chi connectivity index (χ1v) is 11.0. The lowest BCUT2D eigenvalue weighted by atomic mass is 9.81. The summed E-state index contributed by atoms with van der Waals surface area (Å²) in [5.41, 5.74) is 9.82. The number of rotatable bonds is 4. The van der Waals surface area contributed by atoms with Crippen molar-refractivity contribution in [2.24, 2.45) is 15.7 Å². The van der Waals surface area contributed by atoms with Gasteiger partial charge in [-0.15, -0.1) is 0 Å². The maximum absolute atomic E-state index is 9.00. The van der Waals surface area contributed by atoms with E-state index in [0.717, 1.165) is 60.3 Å². The van der Waals surface area contributed by atoms with Crippen molar-refractivity contribution in [1.82, 2.24) is 9.88 Å². The van der Waals surface area contributed by atoms with Gasteiger partial charge in [-0.3, -0.25) is 19.7 Å². The average Bonchev–Trinajstić information content (AvgIpc) is 3.18. The zero-order valence-corrected chi connectivity index (χ0v) is 19.2. The highest BCUT2D eigenvalue weighted by atomic mass is 16.5. The van der Waals surface area contributed by atoms with Gasteiger partial charge in [0, 0.05) is 32.4 Å². The summed E-state index contributed by atoms with van der Waals surface area (Å²) in [5.74, 6) is 1.39. The Morgan fingerprint density at radius 2 is 1.74 bits per heavy atom. The van der Waals surface area contributed by atoms with Gasteiger partial charge in [0.05, 0.1) is 7.11 Å². The number of carbonyl (C=O) groups is 1. The number of carboxylic acid groups (broad SMARTS) is 1. The molecule has 1 atom stereocenters. The molecule has 34 heavy (non-hydrogen) atoms. The Morgan fingerprint density at radius 3 is 2.44 bits per heavy atom. The van der Waals surface area contributed by atoms with E-state index in [1.807, 2.05) is 35.2 Å². The summed E-state index contributed by atoms with van der Waals surface area (Å²) in [5, 5.41) is 7.42. The summed E-state index contributed by atoms with van der Waals surface area (Å²) in [6.07, 6.45) is 4.55. The van der Waals surface area contributed by atoms with Gasteiger partial charge in [0.2, 0.25) is 0 Å². The van der Waals surface area contributed by atoms with Crippen molar-refractivity contribution < 1.29 is 14.6 Å². The molecule has 2 aliphatic heterocycles. The predicted molar refractivity (Wildman–Crippen MR) is 132 cm³/mol. The van der Waals surface area contributed by atoms with Crippen LogP contribution in [0.4, 0.5) is 0 Å². The SMILES string of the molecule is CC(=O)O.COc1cccc(-c2cccc(C3(c4ccncc4)N=C(N)N4CCCN=C43)c2)c1. The zero-order chi connectivity index (χ0) is 24.1. The summed E-state index contributed by atoms with van der Waals surface area (Å²) < 4.78 is 5.41. The molecule has 2 aliphatic rings. The highest BCUT2D eigenvalue weighted by Crippen LogP contribution is 2.42. The van der Waals surface area contributed by atoms with Crippen LogP contribution >= 0.6 is 0 Å². The molecule has 0 aliphatic carbocycles. The number of nitrogens with two attached hydrogens (primary N) is 1. The highest BCUT2D eigenvalue weighted by Gasteiger charge is 2.49. The number of hydrogen-bond donors (Lipinski definition) is 2. The molecule has 0 bridgehead atoms. The molecule has 3 heterocycles. The maximum atomic E-state index is 9.00. The molecule has 0 fully saturated rings. The zero-order valence-electron chi connectivity index (χ0n) is 19.2. The molecule has 3 N–H and O–H groups in total. The summed E-state index contributed by atoms with van der Waals surface area (Å²) in [4.78, 5) is 25.1. The van der Waals surface area contributed by atoms with E-state index in [0.29, 0.717) is 5.96 Å². The Balaban J connectivity index is 0.000000636. The first kappa shape index (κ1) is 23.0. The second-order valence-electron chi connectivity index (χ2n) is 7.96. The van der Waals surface area contributed by atoms with Crippen molar-refractivity contribution in [3.05, 3.63) is 84.2 Å². The maximum Gasteiger partial charge on any atom is 0.300 e. The summed E-state index contributed by atoms with van der Waals surface area (Å²) >= 11 is 0. The topological polar surface area (TPSA) is 113 Å². The van der Waals surface area contributed by atoms with E-state index in [1.54, 1.807) is 19.5 Å². The van der Waals surface area contributed by atoms with E-state index in [1.165, 1.54) is 0 Å². The van der Waals surface area contributed by atoms with Crippen LogP contribution in [0.1, 0.15) is 24.5 Å². The molecular weight excluding hydrogens is 430 g/mol. The minimum atomic E-state index is -0.833. The van der Waals surface area contributed by atoms with Crippen molar-refractivity contribution in [1.29, 1.82) is 0 Å². The molecule has 1 aromatic heterocycles. The molecule has 0 saturated carbocycles. The van der Waals surface area contributed by atoms with Crippen LogP contribution in [0.15, 0.2) is 83.0 Å². The quantitative estimate of drug-likeness (QED) is 0.620. The number of ether oxygens (including phenoxy) is 1. The van der Waals surface area contributed by atoms with Crippen molar-refractivity contribution in [3.63, 3.8) is 0 Å². The van der Waals surface area contributed by atoms with E-state index in [2.05, 4.69) is 35.3 Å². The van der Waals surface area contributed by atoms with Crippen molar-refractivity contribution in [2.75, 3.05) is 20.2 Å². The summed E-state index contributed by atoms with van der Waals surface area (Å²) in [6.45, 7) is 2.69. The number of carboxylic acids is 1. The van der Waals surface area contributed by atoms with Crippen LogP contribution in [-0.2, 0) is 10.3 Å². The number of fused-ring (bicyclic) bond motifs is 1. The van der Waals surface area contributed by atoms with Crippen LogP contribution in [0.2, 0.25) is 0 Å². The van der Waals surface area contributed by atoms with Crippen LogP contribution in [-0.4, -0.2) is 53.0 Å². The minimum Gasteiger partial charge on any atom is -0.497 e. The lowest BCUT2D eigenvalue weighted by molar-refractivity contribution is -0.134. The Hall–Kier alpha value is -4.20. The van der Waals surface area contributed by atoms with Crippen LogP contribution in [0.3, 0.4) is 0 Å². The Kier molecular flexibility index (Phi) is 6.58. The number of guanidine groups is 1. The van der Waals surface area contributed by atoms with Gasteiger partial charge in [-0.25, -0.2) is 4.99 Å². The number of aromatic nitrogens is 1. The number of amidine groups is 1. The van der Waals surface area contributed by atoms with Crippen LogP contribution < -0.4 is 10.5 Å². The van der Waals surface area contributed by atoms with Crippen LogP contribution in [0.5, 0.6) is 5.75 Å². The van der Waals surface area contributed by atoms with Crippen molar-refractivity contribution in [3.8, 4) is 16.9 Å². The molecule has 5 rings (SSSR count). The molecular formula is C26H27N5O3.